The van der Waals surface area contributed by atoms with Gasteiger partial charge in [0.2, 0.25) is 5.82 Å². The summed E-state index contributed by atoms with van der Waals surface area (Å²) in [6, 6.07) is 15.4. The minimum atomic E-state index is -0.249. The van der Waals surface area contributed by atoms with Gasteiger partial charge in [-0.15, -0.1) is 0 Å². The first-order chi connectivity index (χ1) is 16.9. The second kappa shape index (κ2) is 10.9. The van der Waals surface area contributed by atoms with Crippen molar-refractivity contribution in [2.75, 3.05) is 20.3 Å². The topological polar surface area (TPSA) is 72.7 Å². The number of allylic oxidation sites excluding steroid dienone is 1. The largest absolute Gasteiger partial charge is 0.497 e. The van der Waals surface area contributed by atoms with E-state index in [-0.39, 0.29) is 6.04 Å². The average molecular weight is 493 g/mol. The number of methoxy groups -OCH3 is 1. The number of aromatic nitrogens is 2. The van der Waals surface area contributed by atoms with Crippen LogP contribution >= 0.6 is 12.2 Å². The number of nitrogens with one attached hydrogen (secondary N) is 1. The summed E-state index contributed by atoms with van der Waals surface area (Å²) in [5, 5.41) is 8.48. The molecule has 0 aliphatic carbocycles. The van der Waals surface area contributed by atoms with E-state index in [1.54, 1.807) is 7.11 Å². The van der Waals surface area contributed by atoms with Crippen LogP contribution in [0.2, 0.25) is 0 Å². The standard InChI is InChI=1S/C27H32N4O3S/c1-6-33-21-12-10-19(11-13-21)25-29-26(34-30-25)23-18(4)31(15-14-17(2)3)27(35)28-24(23)20-8-7-9-22(16-20)32-5/h7-13,16-17,24H,6,14-15H2,1-5H3,(H,28,35). The van der Waals surface area contributed by atoms with Gasteiger partial charge in [0.1, 0.15) is 11.5 Å². The summed E-state index contributed by atoms with van der Waals surface area (Å²) in [6.07, 6.45) is 1.01. The molecule has 1 aliphatic heterocycles. The lowest BCUT2D eigenvalue weighted by atomic mass is 9.94. The van der Waals surface area contributed by atoms with Crippen LogP contribution in [0.1, 0.15) is 51.6 Å². The maximum Gasteiger partial charge on any atom is 0.258 e. The van der Waals surface area contributed by atoms with Gasteiger partial charge in [0.25, 0.3) is 5.89 Å². The molecule has 1 N–H and O–H groups in total. The van der Waals surface area contributed by atoms with Gasteiger partial charge in [0.05, 0.1) is 25.3 Å². The molecule has 7 nitrogen and oxygen atoms in total. The molecule has 1 atom stereocenters. The molecule has 35 heavy (non-hydrogen) atoms. The van der Waals surface area contributed by atoms with Crippen molar-refractivity contribution in [2.24, 2.45) is 5.92 Å². The van der Waals surface area contributed by atoms with E-state index < -0.39 is 0 Å². The van der Waals surface area contributed by atoms with E-state index in [4.69, 9.17) is 31.2 Å². The highest BCUT2D eigenvalue weighted by molar-refractivity contribution is 7.80. The summed E-state index contributed by atoms with van der Waals surface area (Å²) in [5.41, 5.74) is 3.77. The molecule has 8 heteroatoms. The Hall–Kier alpha value is -3.39. The third-order valence-corrected chi connectivity index (χ3v) is 6.37. The molecule has 2 heterocycles. The van der Waals surface area contributed by atoms with Crippen molar-refractivity contribution < 1.29 is 14.0 Å². The molecule has 184 valence electrons. The Kier molecular flexibility index (Phi) is 7.70. The van der Waals surface area contributed by atoms with Crippen molar-refractivity contribution in [3.8, 4) is 22.9 Å². The molecule has 0 bridgehead atoms. The van der Waals surface area contributed by atoms with Crippen LogP contribution in [0.5, 0.6) is 11.5 Å². The van der Waals surface area contributed by atoms with Crippen LogP contribution in [0.3, 0.4) is 0 Å². The Morgan fingerprint density at radius 3 is 2.60 bits per heavy atom. The predicted octanol–water partition coefficient (Wildman–Crippen LogP) is 5.85. The van der Waals surface area contributed by atoms with Gasteiger partial charge in [-0.1, -0.05) is 31.1 Å². The zero-order valence-electron chi connectivity index (χ0n) is 20.9. The van der Waals surface area contributed by atoms with Crippen LogP contribution in [-0.4, -0.2) is 40.4 Å². The maximum atomic E-state index is 5.83. The normalized spacial score (nSPS) is 16.0. The smallest absolute Gasteiger partial charge is 0.258 e. The Labute approximate surface area is 212 Å². The second-order valence-corrected chi connectivity index (χ2v) is 9.26. The molecule has 4 rings (SSSR count). The summed E-state index contributed by atoms with van der Waals surface area (Å²) in [5.74, 6) is 3.12. The number of hydrogen-bond acceptors (Lipinski definition) is 6. The lowest BCUT2D eigenvalue weighted by molar-refractivity contribution is 0.340. The van der Waals surface area contributed by atoms with Gasteiger partial charge in [0.15, 0.2) is 5.11 Å². The molecular weight excluding hydrogens is 460 g/mol. The van der Waals surface area contributed by atoms with E-state index >= 15 is 0 Å². The first-order valence-electron chi connectivity index (χ1n) is 11.9. The third-order valence-electron chi connectivity index (χ3n) is 6.03. The average Bonchev–Trinajstić information content (AvgIpc) is 3.34. The highest BCUT2D eigenvalue weighted by Gasteiger charge is 2.34. The van der Waals surface area contributed by atoms with E-state index in [0.717, 1.165) is 46.9 Å². The fourth-order valence-corrected chi connectivity index (χ4v) is 4.45. The molecule has 0 radical (unpaired) electrons. The fraction of sp³-hybridized carbons (Fsp3) is 0.370. The van der Waals surface area contributed by atoms with Crippen molar-refractivity contribution in [3.05, 3.63) is 65.7 Å². The Balaban J connectivity index is 1.75. The number of ether oxygens (including phenoxy) is 2. The lowest BCUT2D eigenvalue weighted by Crippen LogP contribution is -2.46. The van der Waals surface area contributed by atoms with Crippen molar-refractivity contribution in [1.82, 2.24) is 20.4 Å². The van der Waals surface area contributed by atoms with Crippen LogP contribution in [0.4, 0.5) is 0 Å². The first kappa shape index (κ1) is 24.7. The molecule has 3 aromatic rings. The summed E-state index contributed by atoms with van der Waals surface area (Å²) in [4.78, 5) is 6.91. The molecule has 0 saturated heterocycles. The van der Waals surface area contributed by atoms with E-state index in [9.17, 15) is 0 Å². The van der Waals surface area contributed by atoms with E-state index in [1.165, 1.54) is 0 Å². The summed E-state index contributed by atoms with van der Waals surface area (Å²) >= 11 is 5.78. The Morgan fingerprint density at radius 2 is 1.91 bits per heavy atom. The molecule has 1 unspecified atom stereocenters. The van der Waals surface area contributed by atoms with Crippen molar-refractivity contribution in [1.29, 1.82) is 0 Å². The van der Waals surface area contributed by atoms with Gasteiger partial charge in [-0.05, 0) is 80.4 Å². The first-order valence-corrected chi connectivity index (χ1v) is 12.3. The summed E-state index contributed by atoms with van der Waals surface area (Å²) < 4.78 is 16.8. The number of rotatable bonds is 9. The van der Waals surface area contributed by atoms with E-state index in [2.05, 4.69) is 36.1 Å². The molecule has 1 aliphatic rings. The van der Waals surface area contributed by atoms with Crippen molar-refractivity contribution in [2.45, 2.75) is 40.2 Å². The minimum Gasteiger partial charge on any atom is -0.497 e. The Morgan fingerprint density at radius 1 is 1.14 bits per heavy atom. The van der Waals surface area contributed by atoms with E-state index in [1.807, 2.05) is 55.5 Å². The van der Waals surface area contributed by atoms with Crippen LogP contribution in [0.15, 0.2) is 58.8 Å². The SMILES string of the molecule is CCOc1ccc(-c2noc(C3=C(C)N(CCC(C)C)C(=S)NC3c3cccc(OC)c3)n2)cc1. The quantitative estimate of drug-likeness (QED) is 0.373. The highest BCUT2D eigenvalue weighted by atomic mass is 32.1. The number of thiocarbonyl (C=S) groups is 1. The van der Waals surface area contributed by atoms with Crippen LogP contribution < -0.4 is 14.8 Å². The van der Waals surface area contributed by atoms with E-state index in [0.29, 0.717) is 29.4 Å². The van der Waals surface area contributed by atoms with Gasteiger partial charge < -0.3 is 24.2 Å². The summed E-state index contributed by atoms with van der Waals surface area (Å²) in [6.45, 7) is 9.87. The molecule has 0 saturated carbocycles. The molecule has 2 aromatic carbocycles. The van der Waals surface area contributed by atoms with Gasteiger partial charge in [-0.25, -0.2) is 0 Å². The van der Waals surface area contributed by atoms with Crippen molar-refractivity contribution >= 4 is 22.9 Å². The molecule has 0 spiro atoms. The van der Waals surface area contributed by atoms with Crippen LogP contribution in [-0.2, 0) is 0 Å². The van der Waals surface area contributed by atoms with Crippen LogP contribution in [0, 0.1) is 5.92 Å². The second-order valence-electron chi connectivity index (χ2n) is 8.87. The zero-order valence-corrected chi connectivity index (χ0v) is 21.7. The monoisotopic (exact) mass is 492 g/mol. The highest BCUT2D eigenvalue weighted by Crippen LogP contribution is 2.38. The third kappa shape index (κ3) is 5.48. The Bertz CT molecular complexity index is 1200. The number of benzene rings is 2. The van der Waals surface area contributed by atoms with Gasteiger partial charge >= 0.3 is 0 Å². The number of nitrogens with zero attached hydrogens (tertiary/aromatic N) is 3. The van der Waals surface area contributed by atoms with Gasteiger partial charge in [-0.3, -0.25) is 0 Å². The van der Waals surface area contributed by atoms with Crippen molar-refractivity contribution in [3.63, 3.8) is 0 Å². The molecular formula is C27H32N4O3S. The fourth-order valence-electron chi connectivity index (χ4n) is 4.10. The molecule has 0 amide bonds. The molecule has 1 aromatic heterocycles. The summed E-state index contributed by atoms with van der Waals surface area (Å²) in [7, 11) is 1.66. The predicted molar refractivity (Wildman–Crippen MR) is 141 cm³/mol. The lowest BCUT2D eigenvalue weighted by Gasteiger charge is -2.37. The minimum absolute atomic E-state index is 0.249. The van der Waals surface area contributed by atoms with Crippen LogP contribution in [0.25, 0.3) is 17.0 Å². The zero-order chi connectivity index (χ0) is 24.9. The number of hydrogen-bond donors (Lipinski definition) is 1. The molecule has 0 fully saturated rings. The van der Waals surface area contributed by atoms with Gasteiger partial charge in [-0.2, -0.15) is 4.98 Å². The maximum absolute atomic E-state index is 5.83. The van der Waals surface area contributed by atoms with Gasteiger partial charge in [0, 0.05) is 17.8 Å².